The topological polar surface area (TPSA) is 73.1 Å². The fourth-order valence-electron chi connectivity index (χ4n) is 3.29. The first kappa shape index (κ1) is 20.1. The van der Waals surface area contributed by atoms with Crippen molar-refractivity contribution in [2.75, 3.05) is 5.32 Å². The molecule has 0 aliphatic rings. The Morgan fingerprint density at radius 2 is 1.80 bits per heavy atom. The summed E-state index contributed by atoms with van der Waals surface area (Å²) in [7, 11) is 0. The smallest absolute Gasteiger partial charge is 0.325 e. The SMILES string of the molecule is Cc1ccc(C)c(-n2c(=O)c3sccc3n(CC(=O)Nc3ccc(Cl)cc3)c2=O)c1. The number of halogens is 1. The predicted octanol–water partition coefficient (Wildman–Crippen LogP) is 4.12. The number of aryl methyl sites for hydroxylation is 2. The number of thiophene rings is 1. The lowest BCUT2D eigenvalue weighted by Gasteiger charge is -2.14. The molecule has 0 fully saturated rings. The number of amides is 1. The highest BCUT2D eigenvalue weighted by atomic mass is 35.5. The minimum atomic E-state index is -0.550. The van der Waals surface area contributed by atoms with Crippen molar-refractivity contribution < 1.29 is 4.79 Å². The Labute approximate surface area is 181 Å². The van der Waals surface area contributed by atoms with Crippen molar-refractivity contribution in [3.8, 4) is 5.69 Å². The predicted molar refractivity (Wildman–Crippen MR) is 121 cm³/mol. The van der Waals surface area contributed by atoms with E-state index in [-0.39, 0.29) is 18.0 Å². The summed E-state index contributed by atoms with van der Waals surface area (Å²) in [5.74, 6) is -0.377. The summed E-state index contributed by atoms with van der Waals surface area (Å²) in [5, 5.41) is 5.06. The summed E-state index contributed by atoms with van der Waals surface area (Å²) >= 11 is 7.13. The number of nitrogens with zero attached hydrogens (tertiary/aromatic N) is 2. The van der Waals surface area contributed by atoms with Gasteiger partial charge in [0.1, 0.15) is 11.2 Å². The van der Waals surface area contributed by atoms with Crippen LogP contribution in [-0.4, -0.2) is 15.0 Å². The maximum Gasteiger partial charge on any atom is 0.336 e. The molecule has 0 bridgehead atoms. The Bertz CT molecular complexity index is 1380. The van der Waals surface area contributed by atoms with Crippen molar-refractivity contribution in [1.29, 1.82) is 0 Å². The van der Waals surface area contributed by atoms with Gasteiger partial charge >= 0.3 is 5.69 Å². The Kier molecular flexibility index (Phi) is 5.32. The number of benzene rings is 2. The molecule has 0 atom stereocenters. The van der Waals surface area contributed by atoms with Gasteiger partial charge in [0.2, 0.25) is 5.91 Å². The summed E-state index contributed by atoms with van der Waals surface area (Å²) in [6.07, 6.45) is 0. The molecule has 0 radical (unpaired) electrons. The monoisotopic (exact) mass is 439 g/mol. The summed E-state index contributed by atoms with van der Waals surface area (Å²) in [6, 6.07) is 14.0. The third kappa shape index (κ3) is 3.69. The van der Waals surface area contributed by atoms with E-state index in [1.54, 1.807) is 41.8 Å². The number of hydrogen-bond acceptors (Lipinski definition) is 4. The van der Waals surface area contributed by atoms with Gasteiger partial charge in [0.15, 0.2) is 0 Å². The van der Waals surface area contributed by atoms with E-state index in [4.69, 9.17) is 11.6 Å². The number of nitrogens with one attached hydrogen (secondary N) is 1. The van der Waals surface area contributed by atoms with Gasteiger partial charge in [-0.05, 0) is 66.8 Å². The number of hydrogen-bond donors (Lipinski definition) is 1. The van der Waals surface area contributed by atoms with Crippen molar-refractivity contribution >= 4 is 44.7 Å². The van der Waals surface area contributed by atoms with Crippen LogP contribution in [0.4, 0.5) is 5.69 Å². The third-order valence-electron chi connectivity index (χ3n) is 4.79. The number of carbonyl (C=O) groups excluding carboxylic acids is 1. The van der Waals surface area contributed by atoms with Crippen molar-refractivity contribution in [3.63, 3.8) is 0 Å². The molecule has 0 spiro atoms. The van der Waals surface area contributed by atoms with E-state index < -0.39 is 5.69 Å². The molecule has 2 aromatic carbocycles. The fraction of sp³-hybridized carbons (Fsp3) is 0.136. The highest BCUT2D eigenvalue weighted by Crippen LogP contribution is 2.19. The van der Waals surface area contributed by atoms with E-state index in [0.29, 0.717) is 26.6 Å². The Hall–Kier alpha value is -3.16. The number of fused-ring (bicyclic) bond motifs is 1. The average molecular weight is 440 g/mol. The number of rotatable bonds is 4. The molecule has 152 valence electrons. The van der Waals surface area contributed by atoms with E-state index in [1.807, 2.05) is 26.0 Å². The minimum absolute atomic E-state index is 0.222. The molecule has 1 N–H and O–H groups in total. The highest BCUT2D eigenvalue weighted by molar-refractivity contribution is 7.17. The molecule has 2 heterocycles. The molecule has 4 rings (SSSR count). The van der Waals surface area contributed by atoms with Gasteiger partial charge in [-0.3, -0.25) is 14.2 Å². The maximum atomic E-state index is 13.3. The van der Waals surface area contributed by atoms with Crippen LogP contribution in [0.2, 0.25) is 5.02 Å². The van der Waals surface area contributed by atoms with Crippen LogP contribution in [0.5, 0.6) is 0 Å². The van der Waals surface area contributed by atoms with Crippen molar-refractivity contribution in [1.82, 2.24) is 9.13 Å². The molecule has 4 aromatic rings. The molecular formula is C22H18ClN3O3S. The standard InChI is InChI=1S/C22H18ClN3O3S/c1-13-3-4-14(2)18(11-13)26-21(28)20-17(9-10-30-20)25(22(26)29)12-19(27)24-16-7-5-15(23)6-8-16/h3-11H,12H2,1-2H3,(H,24,27). The number of anilines is 1. The second-order valence-corrected chi connectivity index (χ2v) is 8.34. The van der Waals surface area contributed by atoms with Crippen molar-refractivity contribution in [2.45, 2.75) is 20.4 Å². The zero-order valence-corrected chi connectivity index (χ0v) is 17.9. The van der Waals surface area contributed by atoms with Gasteiger partial charge in [-0.25, -0.2) is 9.36 Å². The van der Waals surface area contributed by atoms with Gasteiger partial charge in [0.25, 0.3) is 5.56 Å². The van der Waals surface area contributed by atoms with Crippen LogP contribution in [0.25, 0.3) is 15.9 Å². The van der Waals surface area contributed by atoms with Gasteiger partial charge in [0, 0.05) is 10.7 Å². The Morgan fingerprint density at radius 3 is 2.53 bits per heavy atom. The van der Waals surface area contributed by atoms with Crippen LogP contribution in [0, 0.1) is 13.8 Å². The van der Waals surface area contributed by atoms with E-state index in [0.717, 1.165) is 15.7 Å². The summed E-state index contributed by atoms with van der Waals surface area (Å²) < 4.78 is 2.91. The van der Waals surface area contributed by atoms with E-state index >= 15 is 0 Å². The molecule has 0 aliphatic heterocycles. The molecule has 0 saturated heterocycles. The van der Waals surface area contributed by atoms with Crippen molar-refractivity contribution in [2.24, 2.45) is 0 Å². The highest BCUT2D eigenvalue weighted by Gasteiger charge is 2.18. The number of carbonyl (C=O) groups is 1. The molecule has 0 aliphatic carbocycles. The lowest BCUT2D eigenvalue weighted by atomic mass is 10.1. The lowest BCUT2D eigenvalue weighted by Crippen LogP contribution is -2.40. The minimum Gasteiger partial charge on any atom is -0.325 e. The first-order chi connectivity index (χ1) is 14.3. The Morgan fingerprint density at radius 1 is 1.07 bits per heavy atom. The molecular weight excluding hydrogens is 422 g/mol. The fourth-order valence-corrected chi connectivity index (χ4v) is 4.24. The van der Waals surface area contributed by atoms with Gasteiger partial charge in [-0.1, -0.05) is 23.7 Å². The normalized spacial score (nSPS) is 11.0. The molecule has 6 nitrogen and oxygen atoms in total. The van der Waals surface area contributed by atoms with Gasteiger partial charge in [0.05, 0.1) is 11.2 Å². The van der Waals surface area contributed by atoms with Crippen LogP contribution in [-0.2, 0) is 11.3 Å². The molecule has 0 unspecified atom stereocenters. The first-order valence-electron chi connectivity index (χ1n) is 9.21. The van der Waals surface area contributed by atoms with Crippen LogP contribution >= 0.6 is 22.9 Å². The van der Waals surface area contributed by atoms with Crippen LogP contribution in [0.3, 0.4) is 0 Å². The molecule has 30 heavy (non-hydrogen) atoms. The van der Waals surface area contributed by atoms with E-state index in [9.17, 15) is 14.4 Å². The average Bonchev–Trinajstić information content (AvgIpc) is 3.20. The van der Waals surface area contributed by atoms with Crippen LogP contribution in [0.15, 0.2) is 63.5 Å². The van der Waals surface area contributed by atoms with Crippen LogP contribution < -0.4 is 16.6 Å². The molecule has 2 aromatic heterocycles. The zero-order chi connectivity index (χ0) is 21.4. The summed E-state index contributed by atoms with van der Waals surface area (Å²) in [6.45, 7) is 3.52. The lowest BCUT2D eigenvalue weighted by molar-refractivity contribution is -0.116. The third-order valence-corrected chi connectivity index (χ3v) is 5.93. The van der Waals surface area contributed by atoms with Gasteiger partial charge < -0.3 is 5.32 Å². The van der Waals surface area contributed by atoms with Crippen molar-refractivity contribution in [3.05, 3.63) is 90.9 Å². The van der Waals surface area contributed by atoms with E-state index in [1.165, 1.54) is 15.9 Å². The summed E-state index contributed by atoms with van der Waals surface area (Å²) in [4.78, 5) is 39.1. The molecule has 8 heteroatoms. The molecule has 1 amide bonds. The van der Waals surface area contributed by atoms with E-state index in [2.05, 4.69) is 5.32 Å². The maximum absolute atomic E-state index is 13.3. The Balaban J connectivity index is 1.82. The number of aromatic nitrogens is 2. The van der Waals surface area contributed by atoms with Gasteiger partial charge in [-0.2, -0.15) is 0 Å². The van der Waals surface area contributed by atoms with Gasteiger partial charge in [-0.15, -0.1) is 11.3 Å². The first-order valence-corrected chi connectivity index (χ1v) is 10.5. The zero-order valence-electron chi connectivity index (χ0n) is 16.3. The quantitative estimate of drug-likeness (QED) is 0.519. The summed E-state index contributed by atoms with van der Waals surface area (Å²) in [5.41, 5.74) is 2.34. The second kappa shape index (κ2) is 7.93. The second-order valence-electron chi connectivity index (χ2n) is 6.99. The largest absolute Gasteiger partial charge is 0.336 e. The molecule has 0 saturated carbocycles. The van der Waals surface area contributed by atoms with Crippen LogP contribution in [0.1, 0.15) is 11.1 Å².